The number of hydrogen-bond donors (Lipinski definition) is 4. The standard InChI is InChI=1S/C28H48O6/c1-14(2)15(3)24(31)25(32)16(4)18-7-8-19-17-13-34-26(33)21-11-22(29)23(30)12-28(21,6)20(17)9-10-27(18,19)5/h14-25,29-32H,7-13H2,1-6H3/t15-,16+,17+,18?,19+,20+,21-,22+,23-,24+,25+,27-,28-/m1/s1. The molecule has 0 aromatic carbocycles. The van der Waals surface area contributed by atoms with Crippen LogP contribution in [0.2, 0.25) is 0 Å². The third kappa shape index (κ3) is 4.05. The van der Waals surface area contributed by atoms with Crippen molar-refractivity contribution < 1.29 is 30.0 Å². The lowest BCUT2D eigenvalue weighted by atomic mass is 9.48. The minimum absolute atomic E-state index is 0.00827. The monoisotopic (exact) mass is 480 g/mol. The van der Waals surface area contributed by atoms with Crippen LogP contribution in [0, 0.1) is 58.2 Å². The summed E-state index contributed by atoms with van der Waals surface area (Å²) in [7, 11) is 0. The summed E-state index contributed by atoms with van der Waals surface area (Å²) in [6.45, 7) is 13.2. The number of cyclic esters (lactones) is 1. The van der Waals surface area contributed by atoms with Gasteiger partial charge in [-0.1, -0.05) is 41.5 Å². The number of hydrogen-bond acceptors (Lipinski definition) is 6. The van der Waals surface area contributed by atoms with Crippen molar-refractivity contribution in [2.75, 3.05) is 6.61 Å². The van der Waals surface area contributed by atoms with Crippen LogP contribution in [0.5, 0.6) is 0 Å². The highest BCUT2D eigenvalue weighted by Gasteiger charge is 2.63. The predicted molar refractivity (Wildman–Crippen MR) is 130 cm³/mol. The molecule has 1 saturated heterocycles. The molecule has 13 atom stereocenters. The van der Waals surface area contributed by atoms with Crippen LogP contribution >= 0.6 is 0 Å². The van der Waals surface area contributed by atoms with Crippen LogP contribution in [0.4, 0.5) is 0 Å². The number of aliphatic hydroxyl groups excluding tert-OH is 4. The van der Waals surface area contributed by atoms with Crippen LogP contribution in [-0.2, 0) is 9.53 Å². The summed E-state index contributed by atoms with van der Waals surface area (Å²) >= 11 is 0. The van der Waals surface area contributed by atoms with Crippen molar-refractivity contribution in [2.45, 2.75) is 104 Å². The molecule has 4 aliphatic rings. The smallest absolute Gasteiger partial charge is 0.309 e. The van der Waals surface area contributed by atoms with E-state index < -0.39 is 24.4 Å². The molecule has 4 rings (SSSR count). The summed E-state index contributed by atoms with van der Waals surface area (Å²) in [5.41, 5.74) is -0.345. The summed E-state index contributed by atoms with van der Waals surface area (Å²) in [5, 5.41) is 42.9. The van der Waals surface area contributed by atoms with E-state index in [1.54, 1.807) is 0 Å². The number of carbonyl (C=O) groups excluding carboxylic acids is 1. The molecule has 3 aliphatic carbocycles. The normalized spacial score (nSPS) is 48.1. The number of aliphatic hydroxyl groups is 4. The molecule has 6 heteroatoms. The average Bonchev–Trinajstić information content (AvgIpc) is 3.09. The van der Waals surface area contributed by atoms with E-state index in [4.69, 9.17) is 4.74 Å². The van der Waals surface area contributed by atoms with Crippen molar-refractivity contribution in [2.24, 2.45) is 58.2 Å². The van der Waals surface area contributed by atoms with Crippen LogP contribution in [0.15, 0.2) is 0 Å². The first-order valence-corrected chi connectivity index (χ1v) is 13.7. The Morgan fingerprint density at radius 2 is 1.56 bits per heavy atom. The van der Waals surface area contributed by atoms with Gasteiger partial charge < -0.3 is 25.2 Å². The van der Waals surface area contributed by atoms with Gasteiger partial charge in [-0.3, -0.25) is 4.79 Å². The third-order valence-electron chi connectivity index (χ3n) is 11.5. The van der Waals surface area contributed by atoms with E-state index in [0.717, 1.165) is 25.7 Å². The molecule has 0 radical (unpaired) electrons. The molecular formula is C28H48O6. The van der Waals surface area contributed by atoms with Gasteiger partial charge in [-0.05, 0) is 90.8 Å². The van der Waals surface area contributed by atoms with Gasteiger partial charge >= 0.3 is 5.97 Å². The lowest BCUT2D eigenvalue weighted by molar-refractivity contribution is -0.162. The predicted octanol–water partition coefficient (Wildman–Crippen LogP) is 3.39. The molecule has 4 N–H and O–H groups in total. The first-order chi connectivity index (χ1) is 15.8. The maximum Gasteiger partial charge on any atom is 0.309 e. The van der Waals surface area contributed by atoms with Gasteiger partial charge in [0.05, 0.1) is 36.9 Å². The van der Waals surface area contributed by atoms with Gasteiger partial charge in [0.2, 0.25) is 0 Å². The second kappa shape index (κ2) is 9.32. The Hall–Kier alpha value is -0.690. The van der Waals surface area contributed by atoms with E-state index in [1.807, 2.05) is 6.92 Å². The van der Waals surface area contributed by atoms with Gasteiger partial charge in [-0.25, -0.2) is 0 Å². The van der Waals surface area contributed by atoms with E-state index in [0.29, 0.717) is 30.8 Å². The van der Waals surface area contributed by atoms with Crippen molar-refractivity contribution >= 4 is 5.97 Å². The van der Waals surface area contributed by atoms with E-state index >= 15 is 0 Å². The number of esters is 1. The number of rotatable bonds is 5. The molecule has 196 valence electrons. The van der Waals surface area contributed by atoms with Crippen molar-refractivity contribution in [1.82, 2.24) is 0 Å². The fourth-order valence-electron chi connectivity index (χ4n) is 8.95. The Morgan fingerprint density at radius 1 is 0.912 bits per heavy atom. The van der Waals surface area contributed by atoms with Crippen molar-refractivity contribution in [1.29, 1.82) is 0 Å². The van der Waals surface area contributed by atoms with Gasteiger partial charge in [0.15, 0.2) is 0 Å². The Morgan fingerprint density at radius 3 is 2.21 bits per heavy atom. The minimum Gasteiger partial charge on any atom is -0.465 e. The van der Waals surface area contributed by atoms with E-state index in [9.17, 15) is 25.2 Å². The zero-order valence-corrected chi connectivity index (χ0v) is 22.0. The molecule has 0 amide bonds. The quantitative estimate of drug-likeness (QED) is 0.450. The lowest BCUT2D eigenvalue weighted by Crippen LogP contribution is -2.55. The molecule has 4 fully saturated rings. The van der Waals surface area contributed by atoms with E-state index in [-0.39, 0.29) is 52.8 Å². The second-order valence-electron chi connectivity index (χ2n) is 13.3. The van der Waals surface area contributed by atoms with Crippen LogP contribution in [0.1, 0.15) is 80.1 Å². The van der Waals surface area contributed by atoms with Crippen molar-refractivity contribution in [3.63, 3.8) is 0 Å². The van der Waals surface area contributed by atoms with Gasteiger partial charge in [0, 0.05) is 0 Å². The highest BCUT2D eigenvalue weighted by molar-refractivity contribution is 5.74. The van der Waals surface area contributed by atoms with Crippen molar-refractivity contribution in [3.05, 3.63) is 0 Å². The zero-order valence-electron chi connectivity index (χ0n) is 22.0. The fourth-order valence-corrected chi connectivity index (χ4v) is 8.95. The van der Waals surface area contributed by atoms with Gasteiger partial charge in [-0.2, -0.15) is 0 Å². The lowest BCUT2D eigenvalue weighted by Gasteiger charge is -2.56. The third-order valence-corrected chi connectivity index (χ3v) is 11.5. The molecule has 1 unspecified atom stereocenters. The molecule has 34 heavy (non-hydrogen) atoms. The summed E-state index contributed by atoms with van der Waals surface area (Å²) in [5.74, 6) is 0.948. The maximum absolute atomic E-state index is 13.0. The Labute approximate surface area is 205 Å². The topological polar surface area (TPSA) is 107 Å². The largest absolute Gasteiger partial charge is 0.465 e. The molecule has 1 aliphatic heterocycles. The van der Waals surface area contributed by atoms with Crippen molar-refractivity contribution in [3.8, 4) is 0 Å². The molecule has 0 bridgehead atoms. The molecule has 0 aromatic rings. The average molecular weight is 481 g/mol. The van der Waals surface area contributed by atoms with Crippen LogP contribution < -0.4 is 0 Å². The number of carbonyl (C=O) groups is 1. The van der Waals surface area contributed by atoms with Gasteiger partial charge in [0.1, 0.15) is 0 Å². The summed E-state index contributed by atoms with van der Waals surface area (Å²) in [4.78, 5) is 13.0. The highest BCUT2D eigenvalue weighted by atomic mass is 16.5. The summed E-state index contributed by atoms with van der Waals surface area (Å²) in [6.07, 6.45) is 1.61. The zero-order chi connectivity index (χ0) is 25.2. The molecule has 0 aromatic heterocycles. The SMILES string of the molecule is CC(C)[C@@H](C)[C@H](O)[C@@H](O)[C@@H](C)C1CC[C@H]2[C@@H]3COC(=O)[C@H]4C[C@H](O)[C@H](O)C[C@]4(C)[C@H]3CC[C@]12C. The highest BCUT2D eigenvalue weighted by Crippen LogP contribution is 2.66. The van der Waals surface area contributed by atoms with Crippen LogP contribution in [0.3, 0.4) is 0 Å². The molecule has 3 saturated carbocycles. The number of ether oxygens (including phenoxy) is 1. The molecular weight excluding hydrogens is 432 g/mol. The van der Waals surface area contributed by atoms with Gasteiger partial charge in [0.25, 0.3) is 0 Å². The van der Waals surface area contributed by atoms with E-state index in [1.165, 1.54) is 0 Å². The number of fused-ring (bicyclic) bond motifs is 5. The fraction of sp³-hybridized carbons (Fsp3) is 0.964. The Bertz CT molecular complexity index is 755. The summed E-state index contributed by atoms with van der Waals surface area (Å²) < 4.78 is 5.86. The van der Waals surface area contributed by atoms with Crippen LogP contribution in [-0.4, -0.2) is 57.4 Å². The first kappa shape index (κ1) is 26.4. The van der Waals surface area contributed by atoms with E-state index in [2.05, 4.69) is 34.6 Å². The molecule has 6 nitrogen and oxygen atoms in total. The summed E-state index contributed by atoms with van der Waals surface area (Å²) in [6, 6.07) is 0. The molecule has 0 spiro atoms. The maximum atomic E-state index is 13.0. The Balaban J connectivity index is 1.58. The Kier molecular flexibility index (Phi) is 7.23. The second-order valence-corrected chi connectivity index (χ2v) is 13.3. The minimum atomic E-state index is -0.867. The first-order valence-electron chi connectivity index (χ1n) is 13.7. The van der Waals surface area contributed by atoms with Crippen LogP contribution in [0.25, 0.3) is 0 Å². The van der Waals surface area contributed by atoms with Gasteiger partial charge in [-0.15, -0.1) is 0 Å². The molecule has 1 heterocycles.